The van der Waals surface area contributed by atoms with Gasteiger partial charge in [0.05, 0.1) is 10.7 Å². The van der Waals surface area contributed by atoms with Gasteiger partial charge in [0.1, 0.15) is 9.74 Å². The number of Topliss-reactive ketones (excluding diaryl/α,β-unsaturated/α-hetero) is 1. The molecule has 2 rings (SSSR count). The van der Waals surface area contributed by atoms with Crippen molar-refractivity contribution in [2.24, 2.45) is 0 Å². The summed E-state index contributed by atoms with van der Waals surface area (Å²) < 4.78 is 12.4. The van der Waals surface area contributed by atoms with Crippen LogP contribution in [0, 0.1) is 5.82 Å². The van der Waals surface area contributed by atoms with Crippen LogP contribution in [-0.4, -0.2) is 10.8 Å². The van der Waals surface area contributed by atoms with Gasteiger partial charge in [-0.2, -0.15) is 0 Å². The molecule has 0 radical (unpaired) electrons. The summed E-state index contributed by atoms with van der Waals surface area (Å²) in [5.41, 5.74) is 1.10. The van der Waals surface area contributed by atoms with Gasteiger partial charge in [-0.1, -0.05) is 34.2 Å². The smallest absolute Gasteiger partial charge is 0.181 e. The molecule has 1 aromatic carbocycles. The van der Waals surface area contributed by atoms with Gasteiger partial charge in [-0.05, 0) is 36.4 Å². The first-order valence-corrected chi connectivity index (χ1v) is 6.75. The van der Waals surface area contributed by atoms with Gasteiger partial charge in [0, 0.05) is 11.8 Å². The summed E-state index contributed by atoms with van der Waals surface area (Å²) in [6.07, 6.45) is 1.50. The lowest BCUT2D eigenvalue weighted by Crippen LogP contribution is -2.08. The molecule has 0 saturated heterocycles. The van der Waals surface area contributed by atoms with Crippen molar-refractivity contribution in [2.45, 2.75) is 3.92 Å². The molecule has 1 aromatic heterocycles. The zero-order valence-corrected chi connectivity index (χ0v) is 12.0. The number of halogens is 3. The van der Waals surface area contributed by atoms with E-state index in [1.165, 1.54) is 30.5 Å². The fourth-order valence-corrected chi connectivity index (χ4v) is 2.27. The Balaban J connectivity index is 2.23. The van der Waals surface area contributed by atoms with Crippen LogP contribution in [0.1, 0.15) is 20.0 Å². The van der Waals surface area contributed by atoms with Gasteiger partial charge in [-0.3, -0.25) is 9.78 Å². The molecule has 0 spiro atoms. The molecular formula is C13H8ClFINO. The van der Waals surface area contributed by atoms with E-state index >= 15 is 0 Å². The predicted octanol–water partition coefficient (Wildman–Crippen LogP) is 4.23. The summed E-state index contributed by atoms with van der Waals surface area (Å²) in [4.78, 5) is 16.2. The minimum atomic E-state index is -0.412. The highest BCUT2D eigenvalue weighted by Gasteiger charge is 2.19. The topological polar surface area (TPSA) is 30.0 Å². The Morgan fingerprint density at radius 3 is 2.44 bits per heavy atom. The summed E-state index contributed by atoms with van der Waals surface area (Å²) in [5, 5.41) is 0.525. The fourth-order valence-electron chi connectivity index (χ4n) is 1.43. The summed E-state index contributed by atoms with van der Waals surface area (Å²) in [6.45, 7) is 0. The van der Waals surface area contributed by atoms with Crippen LogP contribution in [0.4, 0.5) is 4.39 Å². The summed E-state index contributed by atoms with van der Waals surface area (Å²) in [6, 6.07) is 8.88. The van der Waals surface area contributed by atoms with E-state index in [1.807, 2.05) is 22.6 Å². The second kappa shape index (κ2) is 5.75. The molecule has 18 heavy (non-hydrogen) atoms. The van der Waals surface area contributed by atoms with Crippen molar-refractivity contribution in [1.82, 2.24) is 4.98 Å². The minimum Gasteiger partial charge on any atom is -0.293 e. The van der Waals surface area contributed by atoms with Gasteiger partial charge in [-0.15, -0.1) is 0 Å². The number of pyridine rings is 1. The zero-order valence-electron chi connectivity index (χ0n) is 9.11. The second-order valence-corrected chi connectivity index (χ2v) is 5.32. The van der Waals surface area contributed by atoms with Gasteiger partial charge in [0.2, 0.25) is 0 Å². The van der Waals surface area contributed by atoms with Crippen LogP contribution >= 0.6 is 34.2 Å². The van der Waals surface area contributed by atoms with Crippen molar-refractivity contribution < 1.29 is 9.18 Å². The Morgan fingerprint density at radius 1 is 1.22 bits per heavy atom. The third-order valence-electron chi connectivity index (χ3n) is 2.37. The van der Waals surface area contributed by atoms with E-state index in [1.54, 1.807) is 12.1 Å². The monoisotopic (exact) mass is 375 g/mol. The average Bonchev–Trinajstić information content (AvgIpc) is 2.39. The number of hydrogen-bond donors (Lipinski definition) is 0. The molecule has 1 atom stereocenters. The molecule has 0 aliphatic heterocycles. The van der Waals surface area contributed by atoms with Gasteiger partial charge in [0.15, 0.2) is 5.78 Å². The Morgan fingerprint density at radius 2 is 1.89 bits per heavy atom. The number of benzene rings is 1. The maximum absolute atomic E-state index is 12.8. The Hall–Kier alpha value is -1.01. The first kappa shape index (κ1) is 13.4. The SMILES string of the molecule is O=C(c1ccc(F)cc1)C(I)c1ccc(Cl)cn1. The molecule has 2 aromatic rings. The molecule has 0 saturated carbocycles. The van der Waals surface area contributed by atoms with Crippen molar-refractivity contribution >= 4 is 40.0 Å². The number of ketones is 1. The molecule has 0 aliphatic carbocycles. The highest BCUT2D eigenvalue weighted by Crippen LogP contribution is 2.26. The van der Waals surface area contributed by atoms with Crippen molar-refractivity contribution in [3.05, 3.63) is 64.7 Å². The molecule has 92 valence electrons. The van der Waals surface area contributed by atoms with E-state index in [9.17, 15) is 9.18 Å². The Bertz CT molecular complexity index is 556. The van der Waals surface area contributed by atoms with Crippen LogP contribution in [0.25, 0.3) is 0 Å². The molecule has 0 N–H and O–H groups in total. The first-order valence-electron chi connectivity index (χ1n) is 5.13. The first-order chi connectivity index (χ1) is 8.58. The van der Waals surface area contributed by atoms with Crippen LogP contribution in [-0.2, 0) is 0 Å². The number of carbonyl (C=O) groups is 1. The summed E-state index contributed by atoms with van der Waals surface area (Å²) in [5.74, 6) is -0.466. The summed E-state index contributed by atoms with van der Waals surface area (Å²) in [7, 11) is 0. The van der Waals surface area contributed by atoms with Crippen molar-refractivity contribution in [1.29, 1.82) is 0 Å². The van der Waals surface area contributed by atoms with E-state index in [0.29, 0.717) is 16.3 Å². The molecule has 0 amide bonds. The van der Waals surface area contributed by atoms with Gasteiger partial charge < -0.3 is 0 Å². The maximum Gasteiger partial charge on any atom is 0.181 e. The van der Waals surface area contributed by atoms with E-state index in [0.717, 1.165) is 0 Å². The van der Waals surface area contributed by atoms with Crippen molar-refractivity contribution in [3.63, 3.8) is 0 Å². The number of carbonyl (C=O) groups excluding carboxylic acids is 1. The van der Waals surface area contributed by atoms with Gasteiger partial charge in [0.25, 0.3) is 0 Å². The lowest BCUT2D eigenvalue weighted by atomic mass is 10.1. The van der Waals surface area contributed by atoms with Gasteiger partial charge in [-0.25, -0.2) is 4.39 Å². The number of alkyl halides is 1. The van der Waals surface area contributed by atoms with E-state index in [4.69, 9.17) is 11.6 Å². The highest BCUT2D eigenvalue weighted by molar-refractivity contribution is 14.1. The van der Waals surface area contributed by atoms with Crippen LogP contribution < -0.4 is 0 Å². The normalized spacial score (nSPS) is 12.2. The molecule has 0 bridgehead atoms. The molecule has 1 unspecified atom stereocenters. The number of aromatic nitrogens is 1. The second-order valence-electron chi connectivity index (χ2n) is 3.63. The van der Waals surface area contributed by atoms with Crippen LogP contribution in [0.2, 0.25) is 5.02 Å². The zero-order chi connectivity index (χ0) is 13.1. The van der Waals surface area contributed by atoms with Crippen LogP contribution in [0.15, 0.2) is 42.6 Å². The molecule has 1 heterocycles. The largest absolute Gasteiger partial charge is 0.293 e. The third kappa shape index (κ3) is 3.05. The molecule has 5 heteroatoms. The minimum absolute atomic E-state index is 0.106. The van der Waals surface area contributed by atoms with Crippen molar-refractivity contribution in [3.8, 4) is 0 Å². The number of nitrogens with zero attached hydrogens (tertiary/aromatic N) is 1. The summed E-state index contributed by atoms with van der Waals surface area (Å²) >= 11 is 7.75. The fraction of sp³-hybridized carbons (Fsp3) is 0.0769. The lowest BCUT2D eigenvalue weighted by Gasteiger charge is -2.08. The number of hydrogen-bond acceptors (Lipinski definition) is 2. The maximum atomic E-state index is 12.8. The van der Waals surface area contributed by atoms with E-state index in [-0.39, 0.29) is 11.6 Å². The lowest BCUT2D eigenvalue weighted by molar-refractivity contribution is 0.0993. The Labute approximate surface area is 122 Å². The molecule has 0 fully saturated rings. The van der Waals surface area contributed by atoms with E-state index in [2.05, 4.69) is 4.98 Å². The number of rotatable bonds is 3. The Kier molecular flexibility index (Phi) is 4.29. The van der Waals surface area contributed by atoms with E-state index < -0.39 is 3.92 Å². The average molecular weight is 376 g/mol. The molecule has 2 nitrogen and oxygen atoms in total. The third-order valence-corrected chi connectivity index (χ3v) is 3.80. The quantitative estimate of drug-likeness (QED) is 0.456. The molecule has 0 aliphatic rings. The van der Waals surface area contributed by atoms with Crippen LogP contribution in [0.3, 0.4) is 0 Å². The van der Waals surface area contributed by atoms with Gasteiger partial charge >= 0.3 is 0 Å². The molecular weight excluding hydrogens is 368 g/mol. The predicted molar refractivity (Wildman–Crippen MR) is 76.7 cm³/mol. The standard InChI is InChI=1S/C13H8ClFINO/c14-9-3-6-11(17-7-9)12(16)13(18)8-1-4-10(15)5-2-8/h1-7,12H. The highest BCUT2D eigenvalue weighted by atomic mass is 127. The van der Waals surface area contributed by atoms with Crippen molar-refractivity contribution in [2.75, 3.05) is 0 Å². The van der Waals surface area contributed by atoms with Crippen LogP contribution in [0.5, 0.6) is 0 Å².